The second-order valence-electron chi connectivity index (χ2n) is 8.59. The Kier molecular flexibility index (Phi) is 4.93. The van der Waals surface area contributed by atoms with Crippen molar-refractivity contribution in [3.63, 3.8) is 0 Å². The van der Waals surface area contributed by atoms with E-state index in [0.29, 0.717) is 37.6 Å². The first-order valence-corrected chi connectivity index (χ1v) is 11.9. The molecule has 3 heterocycles. The van der Waals surface area contributed by atoms with Crippen LogP contribution < -0.4 is 15.1 Å². The summed E-state index contributed by atoms with van der Waals surface area (Å²) in [5, 5.41) is 0.759. The average Bonchev–Trinajstić information content (AvgIpc) is 3.37. The maximum Gasteiger partial charge on any atom is 0.297 e. The van der Waals surface area contributed by atoms with E-state index in [1.807, 2.05) is 38.1 Å². The summed E-state index contributed by atoms with van der Waals surface area (Å²) < 4.78 is 26.2. The molecule has 0 saturated carbocycles. The molecular weight excluding hydrogens is 467 g/mol. The maximum absolute atomic E-state index is 13.8. The number of benzene rings is 3. The number of thiazole rings is 1. The summed E-state index contributed by atoms with van der Waals surface area (Å²) in [6.07, 6.45) is 0.00712. The van der Waals surface area contributed by atoms with Crippen molar-refractivity contribution in [3.8, 4) is 5.75 Å². The smallest absolute Gasteiger partial charge is 0.297 e. The Bertz CT molecular complexity index is 1670. The van der Waals surface area contributed by atoms with Crippen LogP contribution in [-0.2, 0) is 0 Å². The first kappa shape index (κ1) is 21.5. The highest BCUT2D eigenvalue weighted by Crippen LogP contribution is 2.43. The highest BCUT2D eigenvalue weighted by molar-refractivity contribution is 7.22. The molecule has 6 rings (SSSR count). The number of fused-ring (bicyclic) bond motifs is 3. The Balaban J connectivity index is 1.57. The fourth-order valence-corrected chi connectivity index (χ4v) is 5.44. The Labute approximate surface area is 203 Å². The molecule has 1 unspecified atom stereocenters. The Morgan fingerprint density at radius 1 is 1.06 bits per heavy atom. The van der Waals surface area contributed by atoms with Gasteiger partial charge in [-0.3, -0.25) is 14.5 Å². The van der Waals surface area contributed by atoms with Crippen LogP contribution in [0.5, 0.6) is 5.75 Å². The van der Waals surface area contributed by atoms with Gasteiger partial charge in [0.05, 0.1) is 33.3 Å². The highest BCUT2D eigenvalue weighted by atomic mass is 32.1. The van der Waals surface area contributed by atoms with Crippen molar-refractivity contribution in [1.29, 1.82) is 0 Å². The summed E-state index contributed by atoms with van der Waals surface area (Å²) in [6.45, 7) is 3.88. The molecule has 1 aliphatic heterocycles. The Morgan fingerprint density at radius 3 is 2.60 bits per heavy atom. The molecular formula is C27H19FN2O4S. The van der Waals surface area contributed by atoms with Crippen LogP contribution in [0.2, 0.25) is 0 Å². The van der Waals surface area contributed by atoms with Crippen molar-refractivity contribution >= 4 is 43.6 Å². The fraction of sp³-hybridized carbons (Fsp3) is 0.148. The molecule has 0 radical (unpaired) electrons. The van der Waals surface area contributed by atoms with Crippen LogP contribution in [0.15, 0.2) is 75.9 Å². The van der Waals surface area contributed by atoms with Crippen molar-refractivity contribution in [2.45, 2.75) is 26.0 Å². The third-order valence-corrected chi connectivity index (χ3v) is 6.91. The number of carbonyl (C=O) groups excluding carboxylic acids is 1. The van der Waals surface area contributed by atoms with Gasteiger partial charge in [0, 0.05) is 0 Å². The topological polar surface area (TPSA) is 72.6 Å². The predicted octanol–water partition coefficient (Wildman–Crippen LogP) is 6.08. The molecule has 174 valence electrons. The van der Waals surface area contributed by atoms with E-state index in [9.17, 15) is 14.0 Å². The van der Waals surface area contributed by atoms with Crippen molar-refractivity contribution in [3.05, 3.63) is 99.7 Å². The molecule has 0 N–H and O–H groups in total. The first-order valence-electron chi connectivity index (χ1n) is 11.1. The number of nitrogens with zero attached hydrogens (tertiary/aromatic N) is 2. The number of halogens is 1. The standard InChI is InChI=1S/C27H19FN2O4S/c1-14(2)33-17-10-7-15(8-11-17)23-22-24(31)18-5-3-4-6-20(18)34-25(22)26(32)30(23)27-29-19-12-9-16(28)13-21(19)35-27/h3-14,23H,1-2H3. The molecule has 1 aliphatic rings. The molecule has 1 amide bonds. The van der Waals surface area contributed by atoms with Gasteiger partial charge in [-0.15, -0.1) is 0 Å². The van der Waals surface area contributed by atoms with Crippen molar-refractivity contribution < 1.29 is 18.3 Å². The van der Waals surface area contributed by atoms with Crippen molar-refractivity contribution in [2.75, 3.05) is 4.90 Å². The summed E-state index contributed by atoms with van der Waals surface area (Å²) in [6, 6.07) is 17.7. The average molecular weight is 487 g/mol. The number of para-hydroxylation sites is 1. The number of aromatic nitrogens is 1. The third-order valence-electron chi connectivity index (χ3n) is 5.89. The van der Waals surface area contributed by atoms with Gasteiger partial charge in [-0.2, -0.15) is 0 Å². The van der Waals surface area contributed by atoms with E-state index in [1.165, 1.54) is 28.4 Å². The van der Waals surface area contributed by atoms with Crippen LogP contribution in [0.25, 0.3) is 21.2 Å². The van der Waals surface area contributed by atoms with E-state index >= 15 is 0 Å². The van der Waals surface area contributed by atoms with Crippen LogP contribution >= 0.6 is 11.3 Å². The number of ether oxygens (including phenoxy) is 1. The number of rotatable bonds is 4. The van der Waals surface area contributed by atoms with Gasteiger partial charge in [0.2, 0.25) is 5.76 Å². The fourth-order valence-electron chi connectivity index (χ4n) is 4.42. The predicted molar refractivity (Wildman–Crippen MR) is 133 cm³/mol. The molecule has 0 saturated heterocycles. The van der Waals surface area contributed by atoms with Crippen LogP contribution in [0, 0.1) is 5.82 Å². The molecule has 2 aromatic heterocycles. The monoisotopic (exact) mass is 486 g/mol. The summed E-state index contributed by atoms with van der Waals surface area (Å²) in [5.41, 5.74) is 1.62. The van der Waals surface area contributed by atoms with E-state index in [-0.39, 0.29) is 28.7 Å². The van der Waals surface area contributed by atoms with Gasteiger partial charge in [0.15, 0.2) is 10.6 Å². The van der Waals surface area contributed by atoms with E-state index in [4.69, 9.17) is 9.15 Å². The van der Waals surface area contributed by atoms with Gasteiger partial charge in [0.1, 0.15) is 17.1 Å². The normalized spacial score (nSPS) is 15.4. The summed E-state index contributed by atoms with van der Waals surface area (Å²) in [5.74, 6) is -0.175. The van der Waals surface area contributed by atoms with E-state index in [1.54, 1.807) is 30.3 Å². The quantitative estimate of drug-likeness (QED) is 0.308. The zero-order chi connectivity index (χ0) is 24.3. The zero-order valence-electron chi connectivity index (χ0n) is 18.8. The number of hydrogen-bond acceptors (Lipinski definition) is 6. The third kappa shape index (κ3) is 3.49. The lowest BCUT2D eigenvalue weighted by molar-refractivity contribution is 0.0971. The number of amides is 1. The van der Waals surface area contributed by atoms with Crippen LogP contribution in [-0.4, -0.2) is 17.0 Å². The number of carbonyl (C=O) groups is 1. The van der Waals surface area contributed by atoms with E-state index in [2.05, 4.69) is 4.98 Å². The minimum absolute atomic E-state index is 0.00712. The molecule has 8 heteroatoms. The SMILES string of the molecule is CC(C)Oc1ccc(C2c3c(oc4ccccc4c3=O)C(=O)N2c2nc3ccc(F)cc3s2)cc1. The van der Waals surface area contributed by atoms with Gasteiger partial charge < -0.3 is 9.15 Å². The molecule has 0 bridgehead atoms. The molecule has 1 atom stereocenters. The summed E-state index contributed by atoms with van der Waals surface area (Å²) in [4.78, 5) is 33.4. The number of anilines is 1. The molecule has 6 nitrogen and oxygen atoms in total. The Morgan fingerprint density at radius 2 is 1.83 bits per heavy atom. The lowest BCUT2D eigenvalue weighted by atomic mass is 9.98. The second-order valence-corrected chi connectivity index (χ2v) is 9.60. The Hall–Kier alpha value is -4.04. The van der Waals surface area contributed by atoms with Gasteiger partial charge >= 0.3 is 0 Å². The van der Waals surface area contributed by atoms with Crippen LogP contribution in [0.1, 0.15) is 41.6 Å². The largest absolute Gasteiger partial charge is 0.491 e. The lowest BCUT2D eigenvalue weighted by Crippen LogP contribution is -2.29. The lowest BCUT2D eigenvalue weighted by Gasteiger charge is -2.22. The minimum Gasteiger partial charge on any atom is -0.491 e. The van der Waals surface area contributed by atoms with Crippen LogP contribution in [0.3, 0.4) is 0 Å². The van der Waals surface area contributed by atoms with Crippen molar-refractivity contribution in [1.82, 2.24) is 4.98 Å². The van der Waals surface area contributed by atoms with Gasteiger partial charge in [0.25, 0.3) is 5.91 Å². The van der Waals surface area contributed by atoms with E-state index < -0.39 is 11.9 Å². The maximum atomic E-state index is 13.8. The molecule has 0 spiro atoms. The summed E-state index contributed by atoms with van der Waals surface area (Å²) >= 11 is 1.19. The van der Waals surface area contributed by atoms with Gasteiger partial charge in [-0.25, -0.2) is 9.37 Å². The highest BCUT2D eigenvalue weighted by Gasteiger charge is 2.45. The molecule has 3 aromatic carbocycles. The van der Waals surface area contributed by atoms with Gasteiger partial charge in [-0.1, -0.05) is 35.6 Å². The first-order chi connectivity index (χ1) is 16.9. The van der Waals surface area contributed by atoms with Crippen molar-refractivity contribution in [2.24, 2.45) is 0 Å². The molecule has 35 heavy (non-hydrogen) atoms. The van der Waals surface area contributed by atoms with E-state index in [0.717, 1.165) is 0 Å². The second kappa shape index (κ2) is 8.02. The molecule has 0 fully saturated rings. The minimum atomic E-state index is -0.753. The zero-order valence-corrected chi connectivity index (χ0v) is 19.6. The van der Waals surface area contributed by atoms with Crippen LogP contribution in [0.4, 0.5) is 9.52 Å². The summed E-state index contributed by atoms with van der Waals surface area (Å²) in [7, 11) is 0. The van der Waals surface area contributed by atoms with Gasteiger partial charge in [-0.05, 0) is 61.9 Å². The molecule has 0 aliphatic carbocycles. The number of hydrogen-bond donors (Lipinski definition) is 0. The molecule has 5 aromatic rings.